The average molecular weight is 442 g/mol. The number of amides is 1. The van der Waals surface area contributed by atoms with Crippen LogP contribution in [0.3, 0.4) is 0 Å². The van der Waals surface area contributed by atoms with Crippen molar-refractivity contribution in [2.75, 3.05) is 40.0 Å². The Balaban J connectivity index is 1.73. The van der Waals surface area contributed by atoms with Crippen LogP contribution in [-0.4, -0.2) is 56.7 Å². The Bertz CT molecular complexity index is 877. The zero-order valence-corrected chi connectivity index (χ0v) is 17.0. The van der Waals surface area contributed by atoms with Crippen molar-refractivity contribution in [2.24, 2.45) is 0 Å². The second-order valence-corrected chi connectivity index (χ2v) is 7.73. The molecule has 162 valence electrons. The molecule has 1 unspecified atom stereocenters. The van der Waals surface area contributed by atoms with E-state index in [1.54, 1.807) is 0 Å². The van der Waals surface area contributed by atoms with Gasteiger partial charge in [-0.3, -0.25) is 9.69 Å². The lowest BCUT2D eigenvalue weighted by Gasteiger charge is -2.35. The molecule has 0 saturated carbocycles. The maximum Gasteiger partial charge on any atom is 0.416 e. The maximum absolute atomic E-state index is 12.9. The molecule has 30 heavy (non-hydrogen) atoms. The first-order chi connectivity index (χ1) is 14.3. The number of nitrogens with zero attached hydrogens (tertiary/aromatic N) is 1. The van der Waals surface area contributed by atoms with Gasteiger partial charge in [-0.2, -0.15) is 13.2 Å². The molecular formula is C20H21F3N2O4S. The van der Waals surface area contributed by atoms with Crippen molar-refractivity contribution in [1.29, 1.82) is 0 Å². The van der Waals surface area contributed by atoms with Gasteiger partial charge < -0.3 is 14.8 Å². The largest absolute Gasteiger partial charge is 0.465 e. The van der Waals surface area contributed by atoms with E-state index in [1.165, 1.54) is 31.4 Å². The van der Waals surface area contributed by atoms with Gasteiger partial charge in [0, 0.05) is 19.6 Å². The molecule has 1 aromatic carbocycles. The summed E-state index contributed by atoms with van der Waals surface area (Å²) in [5.41, 5.74) is -0.0448. The van der Waals surface area contributed by atoms with Crippen LogP contribution in [0.5, 0.6) is 0 Å². The van der Waals surface area contributed by atoms with Crippen molar-refractivity contribution in [3.05, 3.63) is 57.3 Å². The van der Waals surface area contributed by atoms with Crippen molar-refractivity contribution < 1.29 is 32.2 Å². The number of ether oxygens (including phenoxy) is 2. The minimum atomic E-state index is -4.41. The number of nitrogens with one attached hydrogen (secondary N) is 1. The predicted octanol–water partition coefficient (Wildman–Crippen LogP) is 3.36. The summed E-state index contributed by atoms with van der Waals surface area (Å²) in [4.78, 5) is 26.8. The molecule has 0 spiro atoms. The summed E-state index contributed by atoms with van der Waals surface area (Å²) in [7, 11) is 1.26. The Morgan fingerprint density at radius 2 is 1.77 bits per heavy atom. The summed E-state index contributed by atoms with van der Waals surface area (Å²) < 4.78 is 48.7. The first-order valence-corrected chi connectivity index (χ1v) is 10.1. The molecule has 1 aromatic heterocycles. The van der Waals surface area contributed by atoms with Crippen molar-refractivity contribution >= 4 is 23.2 Å². The second kappa shape index (κ2) is 9.59. The number of rotatable bonds is 6. The highest BCUT2D eigenvalue weighted by molar-refractivity contribution is 7.15. The van der Waals surface area contributed by atoms with Gasteiger partial charge in [-0.1, -0.05) is 12.1 Å². The zero-order valence-electron chi connectivity index (χ0n) is 16.2. The molecule has 1 aliphatic heterocycles. The van der Waals surface area contributed by atoms with E-state index in [-0.39, 0.29) is 18.5 Å². The summed E-state index contributed by atoms with van der Waals surface area (Å²) in [5, 5.41) is 2.82. The van der Waals surface area contributed by atoms with Crippen LogP contribution in [0.2, 0.25) is 0 Å². The summed E-state index contributed by atoms with van der Waals surface area (Å²) in [6.45, 7) is 2.44. The molecule has 3 rings (SSSR count). The Hall–Kier alpha value is -2.43. The number of hydrogen-bond acceptors (Lipinski definition) is 6. The van der Waals surface area contributed by atoms with Gasteiger partial charge in [0.05, 0.1) is 36.8 Å². The minimum absolute atomic E-state index is 0.204. The normalized spacial score (nSPS) is 16.1. The Kier molecular flexibility index (Phi) is 7.11. The van der Waals surface area contributed by atoms with E-state index in [1.807, 2.05) is 0 Å². The van der Waals surface area contributed by atoms with E-state index in [0.717, 1.165) is 23.5 Å². The number of halogens is 3. The van der Waals surface area contributed by atoms with E-state index in [2.05, 4.69) is 15.0 Å². The summed E-state index contributed by atoms with van der Waals surface area (Å²) in [5.74, 6) is -0.879. The number of carbonyl (C=O) groups excluding carboxylic acids is 2. The molecule has 10 heteroatoms. The maximum atomic E-state index is 12.9. The molecule has 1 amide bonds. The molecule has 1 N–H and O–H groups in total. The smallest absolute Gasteiger partial charge is 0.416 e. The van der Waals surface area contributed by atoms with Crippen LogP contribution in [0.25, 0.3) is 0 Å². The van der Waals surface area contributed by atoms with Crippen LogP contribution in [0.1, 0.15) is 36.5 Å². The van der Waals surface area contributed by atoms with Gasteiger partial charge in [-0.15, -0.1) is 11.3 Å². The van der Waals surface area contributed by atoms with Gasteiger partial charge in [0.15, 0.2) is 0 Å². The summed E-state index contributed by atoms with van der Waals surface area (Å²) in [6, 6.07) is 7.72. The van der Waals surface area contributed by atoms with Crippen LogP contribution in [0, 0.1) is 0 Å². The fourth-order valence-corrected chi connectivity index (χ4v) is 4.03. The molecular weight excluding hydrogens is 421 g/mol. The third-order valence-electron chi connectivity index (χ3n) is 4.78. The number of hydrogen-bond donors (Lipinski definition) is 1. The Morgan fingerprint density at radius 1 is 1.13 bits per heavy atom. The number of thiophene rings is 1. The fourth-order valence-electron chi connectivity index (χ4n) is 3.19. The molecule has 1 atom stereocenters. The zero-order chi connectivity index (χ0) is 21.7. The number of alkyl halides is 3. The number of morpholine rings is 1. The number of carbonyl (C=O) groups is 2. The van der Waals surface area contributed by atoms with Gasteiger partial charge >= 0.3 is 12.1 Å². The second-order valence-electron chi connectivity index (χ2n) is 6.65. The Morgan fingerprint density at radius 3 is 2.37 bits per heavy atom. The number of esters is 1. The van der Waals surface area contributed by atoms with Crippen molar-refractivity contribution in [1.82, 2.24) is 10.2 Å². The van der Waals surface area contributed by atoms with Crippen LogP contribution < -0.4 is 5.32 Å². The Labute approximate surface area is 175 Å². The predicted molar refractivity (Wildman–Crippen MR) is 105 cm³/mol. The molecule has 6 nitrogen and oxygen atoms in total. The van der Waals surface area contributed by atoms with Gasteiger partial charge in [0.2, 0.25) is 0 Å². The third-order valence-corrected chi connectivity index (χ3v) is 5.85. The van der Waals surface area contributed by atoms with Gasteiger partial charge in [0.25, 0.3) is 5.91 Å². The van der Waals surface area contributed by atoms with Crippen molar-refractivity contribution in [2.45, 2.75) is 12.2 Å². The van der Waals surface area contributed by atoms with E-state index in [9.17, 15) is 22.8 Å². The lowest BCUT2D eigenvalue weighted by molar-refractivity contribution is -0.137. The van der Waals surface area contributed by atoms with Crippen molar-refractivity contribution in [3.8, 4) is 0 Å². The van der Waals surface area contributed by atoms with Crippen LogP contribution in [0.15, 0.2) is 36.4 Å². The lowest BCUT2D eigenvalue weighted by atomic mass is 10.0. The SMILES string of the molecule is COC(=O)c1ccc(C(=O)NCC(c2ccc(C(F)(F)F)cc2)N2CCOCC2)s1. The minimum Gasteiger partial charge on any atom is -0.465 e. The first kappa shape index (κ1) is 22.3. The lowest BCUT2D eigenvalue weighted by Crippen LogP contribution is -2.43. The van der Waals surface area contributed by atoms with Gasteiger partial charge in [0.1, 0.15) is 4.88 Å². The average Bonchev–Trinajstić information content (AvgIpc) is 3.24. The summed E-state index contributed by atoms with van der Waals surface area (Å²) >= 11 is 1.02. The van der Waals surface area contributed by atoms with Crippen LogP contribution in [-0.2, 0) is 15.7 Å². The highest BCUT2D eigenvalue weighted by atomic mass is 32.1. The van der Waals surface area contributed by atoms with E-state index >= 15 is 0 Å². The van der Waals surface area contributed by atoms with Crippen molar-refractivity contribution in [3.63, 3.8) is 0 Å². The number of benzene rings is 1. The monoisotopic (exact) mass is 442 g/mol. The standard InChI is InChI=1S/C20H21F3N2O4S/c1-28-19(27)17-7-6-16(30-17)18(26)24-12-15(25-8-10-29-11-9-25)13-2-4-14(5-3-13)20(21,22)23/h2-7,15H,8-12H2,1H3,(H,24,26). The molecule has 0 bridgehead atoms. The third kappa shape index (κ3) is 5.38. The molecule has 2 heterocycles. The van der Waals surface area contributed by atoms with Gasteiger partial charge in [-0.25, -0.2) is 4.79 Å². The first-order valence-electron chi connectivity index (χ1n) is 9.25. The molecule has 2 aromatic rings. The summed E-state index contributed by atoms with van der Waals surface area (Å²) in [6.07, 6.45) is -4.41. The molecule has 1 fully saturated rings. The molecule has 0 aliphatic carbocycles. The fraction of sp³-hybridized carbons (Fsp3) is 0.400. The number of methoxy groups -OCH3 is 1. The highest BCUT2D eigenvalue weighted by Gasteiger charge is 2.31. The van der Waals surface area contributed by atoms with Crippen LogP contribution >= 0.6 is 11.3 Å². The van der Waals surface area contributed by atoms with E-state index in [4.69, 9.17) is 4.74 Å². The van der Waals surface area contributed by atoms with Crippen LogP contribution in [0.4, 0.5) is 13.2 Å². The van der Waals surface area contributed by atoms with Gasteiger partial charge in [-0.05, 0) is 29.8 Å². The topological polar surface area (TPSA) is 67.9 Å². The molecule has 0 radical (unpaired) electrons. The van der Waals surface area contributed by atoms with E-state index in [0.29, 0.717) is 41.6 Å². The van der Waals surface area contributed by atoms with E-state index < -0.39 is 17.7 Å². The highest BCUT2D eigenvalue weighted by Crippen LogP contribution is 2.31. The molecule has 1 aliphatic rings. The quantitative estimate of drug-likeness (QED) is 0.695. The molecule has 1 saturated heterocycles.